The molecule has 35 heavy (non-hydrogen) atoms. The molecule has 0 aliphatic carbocycles. The Kier molecular flexibility index (Phi) is 8.65. The molecule has 9 heteroatoms. The lowest BCUT2D eigenvalue weighted by Gasteiger charge is -2.21. The summed E-state index contributed by atoms with van der Waals surface area (Å²) in [6.07, 6.45) is 2.70. The van der Waals surface area contributed by atoms with Crippen LogP contribution in [0.15, 0.2) is 42.6 Å². The topological polar surface area (TPSA) is 80.8 Å². The highest BCUT2D eigenvalue weighted by atomic mass is 35.5. The maximum atomic E-state index is 14.4. The van der Waals surface area contributed by atoms with E-state index in [1.54, 1.807) is 31.5 Å². The first-order chi connectivity index (χ1) is 16.8. The van der Waals surface area contributed by atoms with Crippen LogP contribution < -0.4 is 19.7 Å². The minimum Gasteiger partial charge on any atom is -0.493 e. The van der Waals surface area contributed by atoms with E-state index >= 15 is 0 Å². The fourth-order valence-electron chi connectivity index (χ4n) is 3.64. The van der Waals surface area contributed by atoms with Crippen molar-refractivity contribution in [1.82, 2.24) is 10.3 Å². The number of halogens is 2. The summed E-state index contributed by atoms with van der Waals surface area (Å²) in [5.74, 6) is 0.494. The minimum absolute atomic E-state index is 0.0309. The highest BCUT2D eigenvalue weighted by Gasteiger charge is 2.18. The van der Waals surface area contributed by atoms with Gasteiger partial charge in [0.15, 0.2) is 17.9 Å². The lowest BCUT2D eigenvalue weighted by atomic mass is 9.97. The van der Waals surface area contributed by atoms with Gasteiger partial charge in [0.25, 0.3) is 5.91 Å². The van der Waals surface area contributed by atoms with Gasteiger partial charge >= 0.3 is 0 Å². The maximum Gasteiger partial charge on any atom is 0.253 e. The van der Waals surface area contributed by atoms with Crippen LogP contribution in [-0.4, -0.2) is 51.5 Å². The molecular formula is C26H27ClFN3O4. The van der Waals surface area contributed by atoms with Crippen LogP contribution in [0, 0.1) is 12.7 Å². The average Bonchev–Trinajstić information content (AvgIpc) is 2.87. The fourth-order valence-corrected chi connectivity index (χ4v) is 3.93. The van der Waals surface area contributed by atoms with Crippen molar-refractivity contribution in [1.29, 1.82) is 0 Å². The molecule has 3 rings (SSSR count). The lowest BCUT2D eigenvalue weighted by molar-refractivity contribution is 0.0958. The number of benzene rings is 2. The molecule has 7 nitrogen and oxygen atoms in total. The van der Waals surface area contributed by atoms with Gasteiger partial charge in [-0.1, -0.05) is 17.7 Å². The van der Waals surface area contributed by atoms with Crippen molar-refractivity contribution in [2.75, 3.05) is 39.3 Å². The first-order valence-electron chi connectivity index (χ1n) is 10.9. The third-order valence-electron chi connectivity index (χ3n) is 5.63. The molecule has 1 amide bonds. The number of rotatable bonds is 10. The van der Waals surface area contributed by atoms with Gasteiger partial charge in [-0.2, -0.15) is 0 Å². The molecule has 0 fully saturated rings. The first kappa shape index (κ1) is 26.0. The molecule has 0 saturated heterocycles. The number of hydrogen-bond donors (Lipinski definition) is 1. The Labute approximate surface area is 208 Å². The van der Waals surface area contributed by atoms with Crippen molar-refractivity contribution in [3.63, 3.8) is 0 Å². The van der Waals surface area contributed by atoms with Gasteiger partial charge in [-0.25, -0.2) is 9.37 Å². The predicted molar refractivity (Wildman–Crippen MR) is 134 cm³/mol. The molecule has 1 N–H and O–H groups in total. The first-order valence-corrected chi connectivity index (χ1v) is 11.3. The van der Waals surface area contributed by atoms with Crippen molar-refractivity contribution in [3.8, 4) is 11.5 Å². The molecule has 0 radical (unpaired) electrons. The number of hydrogen-bond acceptors (Lipinski definition) is 6. The van der Waals surface area contributed by atoms with E-state index in [-0.39, 0.29) is 12.2 Å². The molecule has 0 aliphatic rings. The molecule has 0 unspecified atom stereocenters. The van der Waals surface area contributed by atoms with E-state index in [9.17, 15) is 14.0 Å². The summed E-state index contributed by atoms with van der Waals surface area (Å²) in [5, 5.41) is 2.73. The number of carbonyl (C=O) groups excluding carboxylic acids is 2. The third-order valence-corrected chi connectivity index (χ3v) is 6.09. The molecule has 1 aromatic heterocycles. The Morgan fingerprint density at radius 3 is 2.71 bits per heavy atom. The van der Waals surface area contributed by atoms with Gasteiger partial charge in [0.2, 0.25) is 0 Å². The Bertz CT molecular complexity index is 1240. The molecule has 0 bridgehead atoms. The van der Waals surface area contributed by atoms with Crippen molar-refractivity contribution in [2.45, 2.75) is 13.3 Å². The standard InChI is InChI=1S/C26H27ClFN3O4/c1-16-18(12-17-7-8-20(21(28)13-17)26(33)29-2)14-19(15-32)24(23(16)27)35-11-10-31(3)25-22(34-4)6-5-9-30-25/h5-9,13-15H,10-12H2,1-4H3,(H,29,33). The van der Waals surface area contributed by atoms with Crippen molar-refractivity contribution >= 4 is 29.6 Å². The van der Waals surface area contributed by atoms with Gasteiger partial charge in [-0.05, 0) is 60.4 Å². The highest BCUT2D eigenvalue weighted by Crippen LogP contribution is 2.35. The monoisotopic (exact) mass is 499 g/mol. The minimum atomic E-state index is -0.616. The normalized spacial score (nSPS) is 10.6. The van der Waals surface area contributed by atoms with E-state index in [1.165, 1.54) is 19.2 Å². The van der Waals surface area contributed by atoms with Crippen molar-refractivity contribution in [3.05, 3.63) is 81.3 Å². The summed E-state index contributed by atoms with van der Waals surface area (Å²) in [6, 6.07) is 9.72. The van der Waals surface area contributed by atoms with Gasteiger partial charge in [-0.15, -0.1) is 0 Å². The van der Waals surface area contributed by atoms with E-state index in [4.69, 9.17) is 21.1 Å². The SMILES string of the molecule is CNC(=O)c1ccc(Cc2cc(C=O)c(OCCN(C)c3ncccc3OC)c(Cl)c2C)cc1F. The number of pyridine rings is 1. The van der Waals surface area contributed by atoms with Gasteiger partial charge in [0, 0.05) is 20.3 Å². The zero-order chi connectivity index (χ0) is 25.5. The van der Waals surface area contributed by atoms with E-state index < -0.39 is 11.7 Å². The van der Waals surface area contributed by atoms with Gasteiger partial charge in [0.05, 0.1) is 29.8 Å². The molecule has 2 aromatic carbocycles. The van der Waals surface area contributed by atoms with E-state index in [1.807, 2.05) is 24.9 Å². The highest BCUT2D eigenvalue weighted by molar-refractivity contribution is 6.33. The van der Waals surface area contributed by atoms with E-state index in [0.717, 1.165) is 11.1 Å². The van der Waals surface area contributed by atoms with Crippen LogP contribution in [0.25, 0.3) is 0 Å². The number of nitrogens with one attached hydrogen (secondary N) is 1. The maximum absolute atomic E-state index is 14.4. The second-order valence-electron chi connectivity index (χ2n) is 7.88. The summed E-state index contributed by atoms with van der Waals surface area (Å²) in [7, 11) is 4.88. The zero-order valence-electron chi connectivity index (χ0n) is 20.0. The molecular weight excluding hydrogens is 473 g/mol. The van der Waals surface area contributed by atoms with Crippen LogP contribution in [0.2, 0.25) is 5.02 Å². The van der Waals surface area contributed by atoms with Crippen LogP contribution in [0.1, 0.15) is 37.4 Å². The second-order valence-corrected chi connectivity index (χ2v) is 8.26. The number of aldehydes is 1. The van der Waals surface area contributed by atoms with Gasteiger partial charge < -0.3 is 19.7 Å². The summed E-state index contributed by atoms with van der Waals surface area (Å²) in [6.45, 7) is 2.54. The Morgan fingerprint density at radius 1 is 1.29 bits per heavy atom. The lowest BCUT2D eigenvalue weighted by Crippen LogP contribution is -2.25. The molecule has 0 spiro atoms. The number of carbonyl (C=O) groups is 2. The fraction of sp³-hybridized carbons (Fsp3) is 0.269. The Balaban J connectivity index is 1.77. The molecule has 1 heterocycles. The largest absolute Gasteiger partial charge is 0.493 e. The number of anilines is 1. The predicted octanol–water partition coefficient (Wildman–Crippen LogP) is 4.47. The molecule has 184 valence electrons. The number of aromatic nitrogens is 1. The summed E-state index contributed by atoms with van der Waals surface area (Å²) >= 11 is 6.59. The van der Waals surface area contributed by atoms with Crippen LogP contribution >= 0.6 is 11.6 Å². The molecule has 0 aliphatic heterocycles. The van der Waals surface area contributed by atoms with Crippen molar-refractivity contribution in [2.24, 2.45) is 0 Å². The summed E-state index contributed by atoms with van der Waals surface area (Å²) in [4.78, 5) is 29.8. The zero-order valence-corrected chi connectivity index (χ0v) is 20.8. The summed E-state index contributed by atoms with van der Waals surface area (Å²) < 4.78 is 25.6. The van der Waals surface area contributed by atoms with Gasteiger partial charge in [0.1, 0.15) is 18.2 Å². The molecule has 3 aromatic rings. The Morgan fingerprint density at radius 2 is 2.06 bits per heavy atom. The van der Waals surface area contributed by atoms with Crippen LogP contribution in [-0.2, 0) is 6.42 Å². The van der Waals surface area contributed by atoms with Crippen LogP contribution in [0.5, 0.6) is 11.5 Å². The quantitative estimate of drug-likeness (QED) is 0.415. The smallest absolute Gasteiger partial charge is 0.253 e. The summed E-state index contributed by atoms with van der Waals surface area (Å²) in [5.41, 5.74) is 2.40. The Hall–Kier alpha value is -3.65. The van der Waals surface area contributed by atoms with E-state index in [0.29, 0.717) is 52.7 Å². The average molecular weight is 500 g/mol. The van der Waals surface area contributed by atoms with E-state index in [2.05, 4.69) is 10.3 Å². The third kappa shape index (κ3) is 5.89. The number of nitrogens with zero attached hydrogens (tertiary/aromatic N) is 2. The van der Waals surface area contributed by atoms with Crippen LogP contribution in [0.4, 0.5) is 10.2 Å². The second kappa shape index (κ2) is 11.7. The van der Waals surface area contributed by atoms with Crippen LogP contribution in [0.3, 0.4) is 0 Å². The number of methoxy groups -OCH3 is 1. The number of ether oxygens (including phenoxy) is 2. The molecule has 0 atom stereocenters. The molecule has 0 saturated carbocycles. The number of amides is 1. The van der Waals surface area contributed by atoms with Crippen molar-refractivity contribution < 1.29 is 23.5 Å². The number of likely N-dealkylation sites (N-methyl/N-ethyl adjacent to an activating group) is 1. The van der Waals surface area contributed by atoms with Gasteiger partial charge in [-0.3, -0.25) is 9.59 Å².